The summed E-state index contributed by atoms with van der Waals surface area (Å²) >= 11 is 0. The van der Waals surface area contributed by atoms with Crippen LogP contribution in [0.4, 0.5) is 0 Å². The molecule has 0 amide bonds. The summed E-state index contributed by atoms with van der Waals surface area (Å²) in [5, 5.41) is 3.57. The first-order chi connectivity index (χ1) is 9.69. The third-order valence-corrected chi connectivity index (χ3v) is 3.74. The van der Waals surface area contributed by atoms with Gasteiger partial charge in [-0.15, -0.1) is 0 Å². The highest BCUT2D eigenvalue weighted by Crippen LogP contribution is 2.33. The molecule has 1 aromatic carbocycles. The molecule has 1 aliphatic rings. The summed E-state index contributed by atoms with van der Waals surface area (Å²) < 4.78 is 5.75. The average molecular weight is 276 g/mol. The zero-order valence-corrected chi connectivity index (χ0v) is 12.8. The lowest BCUT2D eigenvalue weighted by Gasteiger charge is -2.19. The van der Waals surface area contributed by atoms with Gasteiger partial charge in [-0.1, -0.05) is 25.0 Å². The highest BCUT2D eigenvalue weighted by atomic mass is 16.5. The Balaban J connectivity index is 1.84. The van der Waals surface area contributed by atoms with Crippen LogP contribution in [0.3, 0.4) is 0 Å². The van der Waals surface area contributed by atoms with Crippen LogP contribution in [0.5, 0.6) is 5.75 Å². The molecule has 2 rings (SSSR count). The predicted molar refractivity (Wildman–Crippen MR) is 84.0 cm³/mol. The third kappa shape index (κ3) is 5.14. The topological polar surface area (TPSA) is 47.3 Å². The Hall–Kier alpha value is -1.06. The zero-order valence-electron chi connectivity index (χ0n) is 12.8. The minimum atomic E-state index is 0.202. The first-order valence-electron chi connectivity index (χ1n) is 7.89. The number of benzene rings is 1. The molecule has 0 heterocycles. The molecule has 3 heteroatoms. The fourth-order valence-electron chi connectivity index (χ4n) is 2.49. The van der Waals surface area contributed by atoms with Crippen LogP contribution in [0.25, 0.3) is 0 Å². The van der Waals surface area contributed by atoms with Crippen molar-refractivity contribution in [2.75, 3.05) is 13.1 Å². The van der Waals surface area contributed by atoms with Crippen LogP contribution in [0, 0.1) is 5.92 Å². The summed E-state index contributed by atoms with van der Waals surface area (Å²) in [5.41, 5.74) is 7.13. The minimum Gasteiger partial charge on any atom is -0.491 e. The first-order valence-corrected chi connectivity index (χ1v) is 7.89. The molecule has 3 nitrogen and oxygen atoms in total. The predicted octanol–water partition coefficient (Wildman–Crippen LogP) is 3.25. The Morgan fingerprint density at radius 1 is 1.35 bits per heavy atom. The van der Waals surface area contributed by atoms with Gasteiger partial charge in [0.15, 0.2) is 0 Å². The molecule has 0 spiro atoms. The van der Waals surface area contributed by atoms with Gasteiger partial charge in [0.2, 0.25) is 0 Å². The van der Waals surface area contributed by atoms with Crippen LogP contribution >= 0.6 is 0 Å². The van der Waals surface area contributed by atoms with Gasteiger partial charge in [0.25, 0.3) is 0 Å². The molecule has 1 unspecified atom stereocenters. The summed E-state index contributed by atoms with van der Waals surface area (Å²) in [6.45, 7) is 5.76. The van der Waals surface area contributed by atoms with Gasteiger partial charge in [0.05, 0.1) is 6.10 Å². The van der Waals surface area contributed by atoms with Crippen LogP contribution < -0.4 is 15.8 Å². The van der Waals surface area contributed by atoms with Gasteiger partial charge in [-0.3, -0.25) is 0 Å². The largest absolute Gasteiger partial charge is 0.491 e. The van der Waals surface area contributed by atoms with Gasteiger partial charge >= 0.3 is 0 Å². The maximum absolute atomic E-state index is 5.91. The number of nitrogens with one attached hydrogen (secondary N) is 1. The highest BCUT2D eigenvalue weighted by Gasteiger charge is 2.20. The lowest BCUT2D eigenvalue weighted by atomic mass is 10.1. The minimum absolute atomic E-state index is 0.202. The van der Waals surface area contributed by atoms with E-state index in [1.165, 1.54) is 31.2 Å². The summed E-state index contributed by atoms with van der Waals surface area (Å²) in [7, 11) is 0. The Bertz CT molecular complexity index is 402. The molecule has 1 atom stereocenters. The standard InChI is InChI=1S/C17H28N2O/c1-13(2)20-16-7-3-6-15(11-16)17(12-18)19-10-4-5-14-8-9-14/h3,6-7,11,13-14,17,19H,4-5,8-10,12,18H2,1-2H3. The van der Waals surface area contributed by atoms with Crippen molar-refractivity contribution in [2.45, 2.75) is 51.7 Å². The lowest BCUT2D eigenvalue weighted by molar-refractivity contribution is 0.242. The van der Waals surface area contributed by atoms with Gasteiger partial charge in [-0.25, -0.2) is 0 Å². The fraction of sp³-hybridized carbons (Fsp3) is 0.647. The van der Waals surface area contributed by atoms with E-state index in [2.05, 4.69) is 17.4 Å². The first kappa shape index (κ1) is 15.3. The second-order valence-corrected chi connectivity index (χ2v) is 6.07. The quantitative estimate of drug-likeness (QED) is 0.681. The highest BCUT2D eigenvalue weighted by molar-refractivity contribution is 5.31. The second kappa shape index (κ2) is 7.65. The smallest absolute Gasteiger partial charge is 0.120 e. The maximum Gasteiger partial charge on any atom is 0.120 e. The van der Waals surface area contributed by atoms with Crippen LogP contribution in [0.1, 0.15) is 51.1 Å². The number of rotatable bonds is 9. The number of hydrogen-bond acceptors (Lipinski definition) is 3. The molecule has 1 aliphatic carbocycles. The number of ether oxygens (including phenoxy) is 1. The molecule has 112 valence electrons. The van der Waals surface area contributed by atoms with Crippen molar-refractivity contribution in [1.82, 2.24) is 5.32 Å². The van der Waals surface area contributed by atoms with E-state index in [1.54, 1.807) is 0 Å². The fourth-order valence-corrected chi connectivity index (χ4v) is 2.49. The Morgan fingerprint density at radius 2 is 2.15 bits per heavy atom. The van der Waals surface area contributed by atoms with Crippen molar-refractivity contribution in [3.8, 4) is 5.75 Å². The van der Waals surface area contributed by atoms with Gasteiger partial charge in [-0.05, 0) is 56.8 Å². The maximum atomic E-state index is 5.91. The molecule has 1 fully saturated rings. The molecule has 1 aromatic rings. The lowest BCUT2D eigenvalue weighted by Crippen LogP contribution is -2.29. The summed E-state index contributed by atoms with van der Waals surface area (Å²) in [6.07, 6.45) is 5.70. The molecule has 0 radical (unpaired) electrons. The summed E-state index contributed by atoms with van der Waals surface area (Å²) in [4.78, 5) is 0. The van der Waals surface area contributed by atoms with Crippen molar-refractivity contribution in [2.24, 2.45) is 11.7 Å². The van der Waals surface area contributed by atoms with E-state index < -0.39 is 0 Å². The molecule has 0 saturated heterocycles. The van der Waals surface area contributed by atoms with Gasteiger partial charge < -0.3 is 15.8 Å². The average Bonchev–Trinajstić information content (AvgIpc) is 3.22. The van der Waals surface area contributed by atoms with Crippen molar-refractivity contribution in [3.63, 3.8) is 0 Å². The summed E-state index contributed by atoms with van der Waals surface area (Å²) in [5.74, 6) is 1.94. The van der Waals surface area contributed by atoms with E-state index in [4.69, 9.17) is 10.5 Å². The van der Waals surface area contributed by atoms with E-state index in [0.29, 0.717) is 6.54 Å². The normalized spacial score (nSPS) is 16.4. The molecule has 0 bridgehead atoms. The van der Waals surface area contributed by atoms with Gasteiger partial charge in [0, 0.05) is 12.6 Å². The summed E-state index contributed by atoms with van der Waals surface area (Å²) in [6, 6.07) is 8.50. The molecule has 3 N–H and O–H groups in total. The monoisotopic (exact) mass is 276 g/mol. The molecule has 0 aliphatic heterocycles. The van der Waals surface area contributed by atoms with Gasteiger partial charge in [0.1, 0.15) is 5.75 Å². The van der Waals surface area contributed by atoms with Crippen molar-refractivity contribution in [1.29, 1.82) is 0 Å². The Labute approximate surface area is 122 Å². The van der Waals surface area contributed by atoms with Crippen LogP contribution in [0.2, 0.25) is 0 Å². The molecule has 20 heavy (non-hydrogen) atoms. The van der Waals surface area contributed by atoms with E-state index in [-0.39, 0.29) is 12.1 Å². The van der Waals surface area contributed by atoms with Crippen molar-refractivity contribution < 1.29 is 4.74 Å². The second-order valence-electron chi connectivity index (χ2n) is 6.07. The van der Waals surface area contributed by atoms with E-state index in [9.17, 15) is 0 Å². The number of hydrogen-bond donors (Lipinski definition) is 2. The van der Waals surface area contributed by atoms with Crippen molar-refractivity contribution >= 4 is 0 Å². The van der Waals surface area contributed by atoms with E-state index >= 15 is 0 Å². The van der Waals surface area contributed by atoms with Crippen LogP contribution in [-0.4, -0.2) is 19.2 Å². The number of nitrogens with two attached hydrogens (primary N) is 1. The van der Waals surface area contributed by atoms with E-state index in [0.717, 1.165) is 18.2 Å². The molecular formula is C17H28N2O. The van der Waals surface area contributed by atoms with Crippen LogP contribution in [0.15, 0.2) is 24.3 Å². The SMILES string of the molecule is CC(C)Oc1cccc(C(CN)NCCCC2CC2)c1. The third-order valence-electron chi connectivity index (χ3n) is 3.74. The molecule has 0 aromatic heterocycles. The molecule has 1 saturated carbocycles. The van der Waals surface area contributed by atoms with Crippen LogP contribution in [-0.2, 0) is 0 Å². The van der Waals surface area contributed by atoms with E-state index in [1.807, 2.05) is 26.0 Å². The Morgan fingerprint density at radius 3 is 2.80 bits per heavy atom. The Kier molecular flexibility index (Phi) is 5.86. The molecular weight excluding hydrogens is 248 g/mol. The van der Waals surface area contributed by atoms with Crippen molar-refractivity contribution in [3.05, 3.63) is 29.8 Å². The van der Waals surface area contributed by atoms with Gasteiger partial charge in [-0.2, -0.15) is 0 Å². The zero-order chi connectivity index (χ0) is 14.4.